The molecule has 23 heavy (non-hydrogen) atoms. The molecule has 2 aromatic rings. The summed E-state index contributed by atoms with van der Waals surface area (Å²) in [6, 6.07) is 6.41. The van der Waals surface area contributed by atoms with Crippen LogP contribution in [0.4, 0.5) is 5.13 Å². The van der Waals surface area contributed by atoms with Crippen molar-refractivity contribution in [1.82, 2.24) is 9.88 Å². The van der Waals surface area contributed by atoms with Crippen molar-refractivity contribution in [1.29, 1.82) is 0 Å². The summed E-state index contributed by atoms with van der Waals surface area (Å²) in [5.41, 5.74) is 2.27. The van der Waals surface area contributed by atoms with E-state index in [0.717, 1.165) is 22.7 Å². The molecule has 0 aliphatic carbocycles. The molecule has 1 amide bonds. The van der Waals surface area contributed by atoms with Crippen LogP contribution in [0.3, 0.4) is 0 Å². The lowest BCUT2D eigenvalue weighted by atomic mass is 9.99. The molecule has 122 valence electrons. The fourth-order valence-electron chi connectivity index (χ4n) is 2.90. The standard InChI is InChI=1S/C18H23N3OS/c1-3-4-17(22)20-18-19-15-6-5-14(11-16(15)23-18)12-21-9-7-13(2)8-10-21/h3-6,11,13H,7-10,12H2,1-2H3,(H,19,20,22)/b4-3+. The van der Waals surface area contributed by atoms with Crippen LogP contribution in [-0.4, -0.2) is 28.9 Å². The summed E-state index contributed by atoms with van der Waals surface area (Å²) < 4.78 is 1.13. The Morgan fingerprint density at radius 3 is 2.96 bits per heavy atom. The molecule has 1 aromatic carbocycles. The largest absolute Gasteiger partial charge is 0.299 e. The van der Waals surface area contributed by atoms with E-state index in [1.54, 1.807) is 6.08 Å². The zero-order valence-corrected chi connectivity index (χ0v) is 14.5. The van der Waals surface area contributed by atoms with Gasteiger partial charge in [0.2, 0.25) is 5.91 Å². The van der Waals surface area contributed by atoms with Gasteiger partial charge < -0.3 is 0 Å². The third-order valence-corrected chi connectivity index (χ3v) is 5.22. The van der Waals surface area contributed by atoms with Crippen LogP contribution in [0.1, 0.15) is 32.3 Å². The lowest BCUT2D eigenvalue weighted by Gasteiger charge is -2.30. The zero-order valence-electron chi connectivity index (χ0n) is 13.7. The number of amides is 1. The molecule has 1 fully saturated rings. The summed E-state index contributed by atoms with van der Waals surface area (Å²) in [5.74, 6) is 0.729. The molecule has 1 N–H and O–H groups in total. The summed E-state index contributed by atoms with van der Waals surface area (Å²) in [6.07, 6.45) is 5.82. The minimum Gasteiger partial charge on any atom is -0.299 e. The highest BCUT2D eigenvalue weighted by Gasteiger charge is 2.16. The van der Waals surface area contributed by atoms with Crippen molar-refractivity contribution in [3.05, 3.63) is 35.9 Å². The van der Waals surface area contributed by atoms with Crippen molar-refractivity contribution in [3.8, 4) is 0 Å². The maximum Gasteiger partial charge on any atom is 0.249 e. The van der Waals surface area contributed by atoms with Gasteiger partial charge in [-0.25, -0.2) is 4.98 Å². The van der Waals surface area contributed by atoms with E-state index in [9.17, 15) is 4.79 Å². The molecular weight excluding hydrogens is 306 g/mol. The molecule has 0 bridgehead atoms. The number of allylic oxidation sites excluding steroid dienone is 1. The Hall–Kier alpha value is -1.72. The summed E-state index contributed by atoms with van der Waals surface area (Å²) in [4.78, 5) is 18.6. The summed E-state index contributed by atoms with van der Waals surface area (Å²) in [7, 11) is 0. The molecule has 3 rings (SSSR count). The van der Waals surface area contributed by atoms with Gasteiger partial charge in [0.1, 0.15) is 0 Å². The van der Waals surface area contributed by atoms with Crippen LogP contribution in [0.15, 0.2) is 30.4 Å². The smallest absolute Gasteiger partial charge is 0.249 e. The molecule has 5 heteroatoms. The average Bonchev–Trinajstić information content (AvgIpc) is 2.91. The van der Waals surface area contributed by atoms with Crippen molar-refractivity contribution in [2.75, 3.05) is 18.4 Å². The predicted octanol–water partition coefficient (Wildman–Crippen LogP) is 4.04. The number of thiazole rings is 1. The number of likely N-dealkylation sites (tertiary alicyclic amines) is 1. The molecule has 2 heterocycles. The van der Waals surface area contributed by atoms with Gasteiger partial charge in [-0.05, 0) is 62.5 Å². The van der Waals surface area contributed by atoms with Gasteiger partial charge in [0.15, 0.2) is 5.13 Å². The van der Waals surface area contributed by atoms with Gasteiger partial charge in [-0.1, -0.05) is 30.4 Å². The number of nitrogens with one attached hydrogen (secondary N) is 1. The van der Waals surface area contributed by atoms with E-state index in [0.29, 0.717) is 5.13 Å². The van der Waals surface area contributed by atoms with Crippen LogP contribution in [-0.2, 0) is 11.3 Å². The monoisotopic (exact) mass is 329 g/mol. The minimum absolute atomic E-state index is 0.130. The van der Waals surface area contributed by atoms with Crippen LogP contribution in [0.2, 0.25) is 0 Å². The summed E-state index contributed by atoms with van der Waals surface area (Å²) in [6.45, 7) is 7.54. The topological polar surface area (TPSA) is 45.2 Å². The maximum absolute atomic E-state index is 11.6. The summed E-state index contributed by atoms with van der Waals surface area (Å²) in [5, 5.41) is 3.47. The number of anilines is 1. The normalized spacial score (nSPS) is 17.1. The van der Waals surface area contributed by atoms with Gasteiger partial charge in [0, 0.05) is 6.54 Å². The van der Waals surface area contributed by atoms with E-state index < -0.39 is 0 Å². The van der Waals surface area contributed by atoms with Crippen molar-refractivity contribution in [2.24, 2.45) is 5.92 Å². The molecular formula is C18H23N3OS. The Balaban J connectivity index is 1.70. The van der Waals surface area contributed by atoms with E-state index in [4.69, 9.17) is 0 Å². The third-order valence-electron chi connectivity index (χ3n) is 4.28. The van der Waals surface area contributed by atoms with Crippen LogP contribution in [0.5, 0.6) is 0 Å². The Morgan fingerprint density at radius 1 is 1.43 bits per heavy atom. The van der Waals surface area contributed by atoms with Crippen LogP contribution >= 0.6 is 11.3 Å². The Morgan fingerprint density at radius 2 is 2.22 bits per heavy atom. The number of benzene rings is 1. The van der Waals surface area contributed by atoms with Gasteiger partial charge in [-0.15, -0.1) is 0 Å². The molecule has 1 aliphatic heterocycles. The molecule has 1 saturated heterocycles. The first-order chi connectivity index (χ1) is 11.1. The highest BCUT2D eigenvalue weighted by molar-refractivity contribution is 7.22. The van der Waals surface area contributed by atoms with Crippen LogP contribution < -0.4 is 5.32 Å². The van der Waals surface area contributed by atoms with Gasteiger partial charge in [0.25, 0.3) is 0 Å². The van der Waals surface area contributed by atoms with Crippen molar-refractivity contribution < 1.29 is 4.79 Å². The second-order valence-electron chi connectivity index (χ2n) is 6.27. The van der Waals surface area contributed by atoms with E-state index in [1.807, 2.05) is 6.92 Å². The fraction of sp³-hybridized carbons (Fsp3) is 0.444. The molecule has 1 aromatic heterocycles. The number of nitrogens with zero attached hydrogens (tertiary/aromatic N) is 2. The Bertz CT molecular complexity index is 714. The number of carbonyl (C=O) groups is 1. The quantitative estimate of drug-likeness (QED) is 0.861. The first-order valence-corrected chi connectivity index (χ1v) is 9.01. The first-order valence-electron chi connectivity index (χ1n) is 8.19. The van der Waals surface area contributed by atoms with Gasteiger partial charge >= 0.3 is 0 Å². The zero-order chi connectivity index (χ0) is 16.2. The van der Waals surface area contributed by atoms with Crippen molar-refractivity contribution in [3.63, 3.8) is 0 Å². The van der Waals surface area contributed by atoms with Gasteiger partial charge in [-0.3, -0.25) is 15.0 Å². The second-order valence-corrected chi connectivity index (χ2v) is 7.30. The number of piperidine rings is 1. The second kappa shape index (κ2) is 7.23. The third kappa shape index (κ3) is 4.18. The molecule has 0 saturated carbocycles. The number of fused-ring (bicyclic) bond motifs is 1. The molecule has 0 spiro atoms. The predicted molar refractivity (Wildman–Crippen MR) is 96.7 cm³/mol. The number of carbonyl (C=O) groups excluding carboxylic acids is 1. The van der Waals surface area contributed by atoms with E-state index in [1.165, 1.54) is 48.9 Å². The Kier molecular flexibility index (Phi) is 5.08. The fourth-order valence-corrected chi connectivity index (χ4v) is 3.83. The molecule has 4 nitrogen and oxygen atoms in total. The van der Waals surface area contributed by atoms with Crippen LogP contribution in [0, 0.1) is 5.92 Å². The highest BCUT2D eigenvalue weighted by atomic mass is 32.1. The van der Waals surface area contributed by atoms with E-state index in [2.05, 4.69) is 40.3 Å². The van der Waals surface area contributed by atoms with Crippen LogP contribution in [0.25, 0.3) is 10.2 Å². The SMILES string of the molecule is C/C=C/C(=O)Nc1nc2ccc(CN3CCC(C)CC3)cc2s1. The van der Waals surface area contributed by atoms with Crippen molar-refractivity contribution >= 4 is 32.6 Å². The number of hydrogen-bond donors (Lipinski definition) is 1. The molecule has 0 atom stereocenters. The van der Waals surface area contributed by atoms with E-state index in [-0.39, 0.29) is 5.91 Å². The maximum atomic E-state index is 11.6. The van der Waals surface area contributed by atoms with Crippen molar-refractivity contribution in [2.45, 2.75) is 33.2 Å². The van der Waals surface area contributed by atoms with Gasteiger partial charge in [-0.2, -0.15) is 0 Å². The number of hydrogen-bond acceptors (Lipinski definition) is 4. The molecule has 0 unspecified atom stereocenters. The van der Waals surface area contributed by atoms with E-state index >= 15 is 0 Å². The Labute approximate surface area is 141 Å². The highest BCUT2D eigenvalue weighted by Crippen LogP contribution is 2.28. The molecule has 1 aliphatic rings. The summed E-state index contributed by atoms with van der Waals surface area (Å²) >= 11 is 1.53. The average molecular weight is 329 g/mol. The number of rotatable bonds is 4. The lowest BCUT2D eigenvalue weighted by molar-refractivity contribution is -0.111. The lowest BCUT2D eigenvalue weighted by Crippen LogP contribution is -2.32. The number of aromatic nitrogens is 1. The molecule has 0 radical (unpaired) electrons. The minimum atomic E-state index is -0.130. The first kappa shape index (κ1) is 16.1. The van der Waals surface area contributed by atoms with Gasteiger partial charge in [0.05, 0.1) is 10.2 Å².